The molecule has 0 spiro atoms. The van der Waals surface area contributed by atoms with Gasteiger partial charge in [-0.25, -0.2) is 13.6 Å². The lowest BCUT2D eigenvalue weighted by molar-refractivity contribution is 0.0690. The Balaban J connectivity index is 2.14. The van der Waals surface area contributed by atoms with Crippen LogP contribution in [0.25, 0.3) is 0 Å². The predicted molar refractivity (Wildman–Crippen MR) is 65.4 cm³/mol. The summed E-state index contributed by atoms with van der Waals surface area (Å²) in [6, 6.07) is 2.32. The Bertz CT molecular complexity index is 493. The van der Waals surface area contributed by atoms with E-state index in [0.29, 0.717) is 0 Å². The molecule has 2 unspecified atom stereocenters. The van der Waals surface area contributed by atoms with Crippen molar-refractivity contribution in [2.75, 3.05) is 12.4 Å². The van der Waals surface area contributed by atoms with Gasteiger partial charge in [0.25, 0.3) is 0 Å². The quantitative estimate of drug-likeness (QED) is 0.883. The highest BCUT2D eigenvalue weighted by Crippen LogP contribution is 2.27. The van der Waals surface area contributed by atoms with E-state index < -0.39 is 23.2 Å². The standard InChI is InChI=1S/C13H15F2NO3/c1-19-8-3-2-7(6-8)16-10-5-4-9(13(17)18)11(14)12(10)15/h4-5,7-8,16H,2-3,6H2,1H3,(H,17,18). The zero-order chi connectivity index (χ0) is 14.0. The first-order chi connectivity index (χ1) is 9.02. The zero-order valence-electron chi connectivity index (χ0n) is 10.5. The van der Waals surface area contributed by atoms with Gasteiger partial charge in [-0.05, 0) is 31.4 Å². The van der Waals surface area contributed by atoms with Crippen molar-refractivity contribution in [2.24, 2.45) is 0 Å². The van der Waals surface area contributed by atoms with Crippen molar-refractivity contribution in [3.05, 3.63) is 29.3 Å². The van der Waals surface area contributed by atoms with Gasteiger partial charge in [-0.2, -0.15) is 0 Å². The molecule has 0 aromatic heterocycles. The molecule has 0 heterocycles. The second kappa shape index (κ2) is 5.52. The lowest BCUT2D eigenvalue weighted by Gasteiger charge is -2.15. The summed E-state index contributed by atoms with van der Waals surface area (Å²) in [7, 11) is 1.62. The molecule has 1 aliphatic rings. The molecule has 0 saturated heterocycles. The smallest absolute Gasteiger partial charge is 0.338 e. The summed E-state index contributed by atoms with van der Waals surface area (Å²) in [4.78, 5) is 10.7. The number of halogens is 2. The predicted octanol–water partition coefficient (Wildman–Crippen LogP) is 2.64. The third kappa shape index (κ3) is 2.84. The fourth-order valence-corrected chi connectivity index (χ4v) is 2.33. The second-order valence-electron chi connectivity index (χ2n) is 4.61. The van der Waals surface area contributed by atoms with Gasteiger partial charge >= 0.3 is 5.97 Å². The van der Waals surface area contributed by atoms with Crippen LogP contribution in [0.15, 0.2) is 12.1 Å². The number of carboxylic acids is 1. The molecule has 1 aromatic carbocycles. The summed E-state index contributed by atoms with van der Waals surface area (Å²) in [5.74, 6) is -3.97. The highest BCUT2D eigenvalue weighted by molar-refractivity contribution is 5.88. The third-order valence-electron chi connectivity index (χ3n) is 3.39. The number of carboxylic acid groups (broad SMARTS) is 1. The van der Waals surface area contributed by atoms with E-state index in [2.05, 4.69) is 5.32 Å². The van der Waals surface area contributed by atoms with Gasteiger partial charge in [-0.15, -0.1) is 0 Å². The van der Waals surface area contributed by atoms with Gasteiger partial charge in [0.2, 0.25) is 0 Å². The van der Waals surface area contributed by atoms with Crippen LogP contribution in [-0.2, 0) is 4.74 Å². The number of nitrogens with one attached hydrogen (secondary N) is 1. The topological polar surface area (TPSA) is 58.6 Å². The first-order valence-electron chi connectivity index (χ1n) is 6.03. The first kappa shape index (κ1) is 13.7. The number of ether oxygens (including phenoxy) is 1. The summed E-state index contributed by atoms with van der Waals surface area (Å²) in [6.45, 7) is 0. The SMILES string of the molecule is COC1CCC(Nc2ccc(C(=O)O)c(F)c2F)C1. The fraction of sp³-hybridized carbons (Fsp3) is 0.462. The molecule has 104 valence electrons. The van der Waals surface area contributed by atoms with Crippen molar-refractivity contribution in [3.63, 3.8) is 0 Å². The fourth-order valence-electron chi connectivity index (χ4n) is 2.33. The number of methoxy groups -OCH3 is 1. The van der Waals surface area contributed by atoms with Crippen LogP contribution in [0.4, 0.5) is 14.5 Å². The Morgan fingerprint density at radius 3 is 2.68 bits per heavy atom. The van der Waals surface area contributed by atoms with Crippen LogP contribution in [0.5, 0.6) is 0 Å². The van der Waals surface area contributed by atoms with Crippen LogP contribution in [0.2, 0.25) is 0 Å². The Morgan fingerprint density at radius 2 is 2.11 bits per heavy atom. The van der Waals surface area contributed by atoms with E-state index in [0.717, 1.165) is 25.3 Å². The minimum absolute atomic E-state index is 0.00882. The highest BCUT2D eigenvalue weighted by Gasteiger charge is 2.26. The first-order valence-corrected chi connectivity index (χ1v) is 6.03. The van der Waals surface area contributed by atoms with E-state index in [9.17, 15) is 13.6 Å². The van der Waals surface area contributed by atoms with Gasteiger partial charge in [0.1, 0.15) is 0 Å². The number of carbonyl (C=O) groups is 1. The summed E-state index contributed by atoms with van der Waals surface area (Å²) in [5.41, 5.74) is -0.673. The van der Waals surface area contributed by atoms with Gasteiger partial charge in [-0.1, -0.05) is 0 Å². The van der Waals surface area contributed by atoms with Crippen LogP contribution < -0.4 is 5.32 Å². The molecule has 6 heteroatoms. The normalized spacial score (nSPS) is 22.5. The molecule has 1 saturated carbocycles. The molecule has 0 aliphatic heterocycles. The van der Waals surface area contributed by atoms with E-state index in [4.69, 9.17) is 9.84 Å². The Hall–Kier alpha value is -1.69. The van der Waals surface area contributed by atoms with Crippen molar-refractivity contribution in [3.8, 4) is 0 Å². The minimum Gasteiger partial charge on any atom is -0.478 e. The molecule has 2 atom stereocenters. The van der Waals surface area contributed by atoms with Gasteiger partial charge in [0, 0.05) is 13.2 Å². The molecule has 19 heavy (non-hydrogen) atoms. The van der Waals surface area contributed by atoms with Crippen LogP contribution in [0.3, 0.4) is 0 Å². The van der Waals surface area contributed by atoms with E-state index in [1.54, 1.807) is 7.11 Å². The Kier molecular flexibility index (Phi) is 3.99. The average Bonchev–Trinajstić information content (AvgIpc) is 2.82. The molecule has 1 fully saturated rings. The van der Waals surface area contributed by atoms with Crippen molar-refractivity contribution < 1.29 is 23.4 Å². The second-order valence-corrected chi connectivity index (χ2v) is 4.61. The van der Waals surface area contributed by atoms with Crippen molar-refractivity contribution in [2.45, 2.75) is 31.4 Å². The van der Waals surface area contributed by atoms with Crippen molar-refractivity contribution >= 4 is 11.7 Å². The van der Waals surface area contributed by atoms with Crippen LogP contribution in [0.1, 0.15) is 29.6 Å². The highest BCUT2D eigenvalue weighted by atomic mass is 19.2. The molecule has 2 rings (SSSR count). The summed E-state index contributed by atoms with van der Waals surface area (Å²) in [5, 5.41) is 11.6. The number of rotatable bonds is 4. The summed E-state index contributed by atoms with van der Waals surface area (Å²) in [6.07, 6.45) is 2.52. The van der Waals surface area contributed by atoms with E-state index in [-0.39, 0.29) is 17.8 Å². The van der Waals surface area contributed by atoms with E-state index in [1.165, 1.54) is 6.07 Å². The summed E-state index contributed by atoms with van der Waals surface area (Å²) >= 11 is 0. The van der Waals surface area contributed by atoms with Crippen LogP contribution in [-0.4, -0.2) is 30.3 Å². The van der Waals surface area contributed by atoms with Crippen molar-refractivity contribution in [1.82, 2.24) is 0 Å². The number of anilines is 1. The van der Waals surface area contributed by atoms with E-state index >= 15 is 0 Å². The average molecular weight is 271 g/mol. The van der Waals surface area contributed by atoms with Crippen LogP contribution in [0, 0.1) is 11.6 Å². The van der Waals surface area contributed by atoms with Gasteiger partial charge in [-0.3, -0.25) is 0 Å². The number of hydrogen-bond acceptors (Lipinski definition) is 3. The number of aromatic carboxylic acids is 1. The summed E-state index contributed by atoms with van der Waals surface area (Å²) < 4.78 is 32.4. The molecule has 0 amide bonds. The molecule has 0 bridgehead atoms. The third-order valence-corrected chi connectivity index (χ3v) is 3.39. The monoisotopic (exact) mass is 271 g/mol. The molecular formula is C13H15F2NO3. The van der Waals surface area contributed by atoms with E-state index in [1.807, 2.05) is 0 Å². The lowest BCUT2D eigenvalue weighted by Crippen LogP contribution is -2.19. The number of hydrogen-bond donors (Lipinski definition) is 2. The number of benzene rings is 1. The molecule has 1 aromatic rings. The van der Waals surface area contributed by atoms with Gasteiger partial charge in [0.15, 0.2) is 11.6 Å². The molecule has 0 radical (unpaired) electrons. The Labute approximate surface area is 109 Å². The maximum Gasteiger partial charge on any atom is 0.338 e. The Morgan fingerprint density at radius 1 is 1.37 bits per heavy atom. The minimum atomic E-state index is -1.48. The largest absolute Gasteiger partial charge is 0.478 e. The van der Waals surface area contributed by atoms with Gasteiger partial charge in [0.05, 0.1) is 17.4 Å². The van der Waals surface area contributed by atoms with Crippen molar-refractivity contribution in [1.29, 1.82) is 0 Å². The lowest BCUT2D eigenvalue weighted by atomic mass is 10.1. The molecule has 2 N–H and O–H groups in total. The van der Waals surface area contributed by atoms with Gasteiger partial charge < -0.3 is 15.2 Å². The zero-order valence-corrected chi connectivity index (χ0v) is 10.5. The molecule has 4 nitrogen and oxygen atoms in total. The maximum atomic E-state index is 13.7. The molecule has 1 aliphatic carbocycles. The van der Waals surface area contributed by atoms with Crippen LogP contribution >= 0.6 is 0 Å². The molecular weight excluding hydrogens is 256 g/mol. The maximum absolute atomic E-state index is 13.7.